The van der Waals surface area contributed by atoms with E-state index >= 15 is 0 Å². The first-order chi connectivity index (χ1) is 12.8. The Hall–Kier alpha value is -2.66. The van der Waals surface area contributed by atoms with Crippen LogP contribution in [0.25, 0.3) is 5.69 Å². The van der Waals surface area contributed by atoms with Gasteiger partial charge >= 0.3 is 12.1 Å². The molecule has 2 N–H and O–H groups in total. The first-order valence-electron chi connectivity index (χ1n) is 8.26. The third-order valence-electron chi connectivity index (χ3n) is 4.29. The van der Waals surface area contributed by atoms with Crippen molar-refractivity contribution in [2.45, 2.75) is 6.18 Å². The molecule has 0 atom stereocenters. The molecule has 11 heteroatoms. The lowest BCUT2D eigenvalue weighted by atomic mass is 10.2. The van der Waals surface area contributed by atoms with Gasteiger partial charge in [-0.2, -0.15) is 13.2 Å². The van der Waals surface area contributed by atoms with E-state index in [2.05, 4.69) is 10.2 Å². The lowest BCUT2D eigenvalue weighted by Gasteiger charge is -2.34. The molecule has 146 valence electrons. The van der Waals surface area contributed by atoms with E-state index in [9.17, 15) is 23.1 Å². The lowest BCUT2D eigenvalue weighted by molar-refractivity contribution is -0.137. The second-order valence-corrected chi connectivity index (χ2v) is 6.07. The van der Waals surface area contributed by atoms with Gasteiger partial charge in [0.1, 0.15) is 0 Å². The van der Waals surface area contributed by atoms with Crippen LogP contribution in [0.3, 0.4) is 0 Å². The molecule has 8 nitrogen and oxygen atoms in total. The molecule has 1 fully saturated rings. The Bertz CT molecular complexity index is 816. The van der Waals surface area contributed by atoms with E-state index in [0.29, 0.717) is 32.7 Å². The largest absolute Gasteiger partial charge is 0.476 e. The predicted octanol–water partition coefficient (Wildman–Crippen LogP) is 1.10. The fourth-order valence-electron chi connectivity index (χ4n) is 2.90. The van der Waals surface area contributed by atoms with Gasteiger partial charge < -0.3 is 15.1 Å². The molecule has 0 radical (unpaired) electrons. The Balaban J connectivity index is 1.90. The van der Waals surface area contributed by atoms with E-state index < -0.39 is 17.7 Å². The van der Waals surface area contributed by atoms with E-state index in [4.69, 9.17) is 5.11 Å². The Morgan fingerprint density at radius 2 is 1.85 bits per heavy atom. The van der Waals surface area contributed by atoms with Crippen molar-refractivity contribution in [1.82, 2.24) is 19.9 Å². The number of aliphatic hydroxyl groups is 1. The smallest absolute Gasteiger partial charge is 0.416 e. The molecule has 27 heavy (non-hydrogen) atoms. The number of piperazine rings is 1. The van der Waals surface area contributed by atoms with Crippen LogP contribution in [0.2, 0.25) is 0 Å². The highest BCUT2D eigenvalue weighted by atomic mass is 19.4. The Morgan fingerprint density at radius 3 is 2.44 bits per heavy atom. The van der Waals surface area contributed by atoms with Gasteiger partial charge in [0.05, 0.1) is 17.9 Å². The van der Waals surface area contributed by atoms with Gasteiger partial charge in [0.25, 0.3) is 0 Å². The number of hydrogen-bond donors (Lipinski definition) is 2. The van der Waals surface area contributed by atoms with Gasteiger partial charge in [0, 0.05) is 32.7 Å². The second-order valence-electron chi connectivity index (χ2n) is 6.07. The zero-order chi connectivity index (χ0) is 19.6. The van der Waals surface area contributed by atoms with Crippen LogP contribution < -0.4 is 4.90 Å². The van der Waals surface area contributed by atoms with Gasteiger partial charge in [-0.15, -0.1) is 15.0 Å². The Morgan fingerprint density at radius 1 is 1.15 bits per heavy atom. The number of aliphatic hydroxyl groups excluding tert-OH is 1. The van der Waals surface area contributed by atoms with Crippen LogP contribution >= 0.6 is 0 Å². The second kappa shape index (κ2) is 7.53. The fourth-order valence-corrected chi connectivity index (χ4v) is 2.90. The molecule has 0 spiro atoms. The van der Waals surface area contributed by atoms with Gasteiger partial charge in [0.15, 0.2) is 5.82 Å². The molecule has 2 aromatic rings. The molecule has 0 saturated carbocycles. The third kappa shape index (κ3) is 4.19. The van der Waals surface area contributed by atoms with Crippen molar-refractivity contribution in [1.29, 1.82) is 0 Å². The number of rotatable bonds is 5. The van der Waals surface area contributed by atoms with Crippen molar-refractivity contribution in [3.8, 4) is 5.69 Å². The number of carbonyl (C=O) groups is 1. The molecule has 2 heterocycles. The van der Waals surface area contributed by atoms with Crippen LogP contribution in [0.5, 0.6) is 0 Å². The fraction of sp³-hybridized carbons (Fsp3) is 0.438. The van der Waals surface area contributed by atoms with E-state index in [0.717, 1.165) is 16.9 Å². The van der Waals surface area contributed by atoms with Crippen molar-refractivity contribution in [2.24, 2.45) is 0 Å². The Kier molecular flexibility index (Phi) is 5.33. The summed E-state index contributed by atoms with van der Waals surface area (Å²) < 4.78 is 38.7. The highest BCUT2D eigenvalue weighted by Crippen LogP contribution is 2.30. The van der Waals surface area contributed by atoms with Crippen molar-refractivity contribution < 1.29 is 28.2 Å². The number of carboxylic acids is 1. The van der Waals surface area contributed by atoms with Crippen LogP contribution in [0.4, 0.5) is 19.0 Å². The lowest BCUT2D eigenvalue weighted by Crippen LogP contribution is -2.47. The first-order valence-corrected chi connectivity index (χ1v) is 8.26. The number of benzene rings is 1. The Labute approximate surface area is 152 Å². The number of aromatic carboxylic acids is 1. The molecule has 0 unspecified atom stereocenters. The minimum absolute atomic E-state index is 0.0255. The number of carboxylic acid groups (broad SMARTS) is 1. The SMILES string of the molecule is O=C(O)c1nn(-c2cccc(C(F)(F)F)c2)nc1N1CCN(CCO)CC1. The molecule has 1 aliphatic rings. The molecule has 0 bridgehead atoms. The topological polar surface area (TPSA) is 94.7 Å². The number of alkyl halides is 3. The number of anilines is 1. The van der Waals surface area contributed by atoms with Crippen LogP contribution in [-0.4, -0.2) is 75.4 Å². The minimum Gasteiger partial charge on any atom is -0.476 e. The maximum absolute atomic E-state index is 12.9. The van der Waals surface area contributed by atoms with Gasteiger partial charge in [-0.3, -0.25) is 4.90 Å². The van der Waals surface area contributed by atoms with Gasteiger partial charge in [-0.1, -0.05) is 6.07 Å². The average molecular weight is 385 g/mol. The van der Waals surface area contributed by atoms with Crippen LogP contribution in [0, 0.1) is 0 Å². The van der Waals surface area contributed by atoms with Gasteiger partial charge in [-0.05, 0) is 18.2 Å². The van der Waals surface area contributed by atoms with Gasteiger partial charge in [0.2, 0.25) is 5.69 Å². The average Bonchev–Trinajstić information content (AvgIpc) is 3.08. The van der Waals surface area contributed by atoms with Crippen molar-refractivity contribution in [2.75, 3.05) is 44.2 Å². The van der Waals surface area contributed by atoms with Crippen molar-refractivity contribution >= 4 is 11.8 Å². The van der Waals surface area contributed by atoms with Gasteiger partial charge in [-0.25, -0.2) is 4.79 Å². The summed E-state index contributed by atoms with van der Waals surface area (Å²) in [7, 11) is 0. The number of β-amino-alcohol motifs (C(OH)–C–C–N with tert-alkyl or cyclic N) is 1. The highest BCUT2D eigenvalue weighted by molar-refractivity contribution is 5.91. The number of nitrogens with zero attached hydrogens (tertiary/aromatic N) is 5. The zero-order valence-electron chi connectivity index (χ0n) is 14.2. The highest BCUT2D eigenvalue weighted by Gasteiger charge is 2.31. The van der Waals surface area contributed by atoms with Crippen LogP contribution in [-0.2, 0) is 6.18 Å². The monoisotopic (exact) mass is 385 g/mol. The molecular weight excluding hydrogens is 367 g/mol. The molecule has 0 amide bonds. The van der Waals surface area contributed by atoms with E-state index in [-0.39, 0.29) is 23.8 Å². The molecule has 1 aromatic heterocycles. The van der Waals surface area contributed by atoms with E-state index in [1.54, 1.807) is 4.90 Å². The number of aromatic nitrogens is 3. The minimum atomic E-state index is -4.52. The summed E-state index contributed by atoms with van der Waals surface area (Å²) >= 11 is 0. The molecular formula is C16H18F3N5O3. The zero-order valence-corrected chi connectivity index (χ0v) is 14.2. The summed E-state index contributed by atoms with van der Waals surface area (Å²) in [6.45, 7) is 2.72. The summed E-state index contributed by atoms with van der Waals surface area (Å²) in [5.74, 6) is -1.19. The number of hydrogen-bond acceptors (Lipinski definition) is 6. The molecule has 1 saturated heterocycles. The first kappa shape index (κ1) is 19.1. The van der Waals surface area contributed by atoms with Crippen LogP contribution in [0.15, 0.2) is 24.3 Å². The quantitative estimate of drug-likeness (QED) is 0.796. The maximum Gasteiger partial charge on any atom is 0.416 e. The van der Waals surface area contributed by atoms with Crippen molar-refractivity contribution in [3.05, 3.63) is 35.5 Å². The number of halogens is 3. The van der Waals surface area contributed by atoms with Crippen LogP contribution in [0.1, 0.15) is 16.1 Å². The molecule has 3 rings (SSSR count). The summed E-state index contributed by atoms with van der Waals surface area (Å²) in [5.41, 5.74) is -1.16. The molecule has 0 aliphatic carbocycles. The summed E-state index contributed by atoms with van der Waals surface area (Å²) in [4.78, 5) is 16.2. The summed E-state index contributed by atoms with van der Waals surface area (Å²) in [5, 5.41) is 26.4. The summed E-state index contributed by atoms with van der Waals surface area (Å²) in [6.07, 6.45) is -4.52. The third-order valence-corrected chi connectivity index (χ3v) is 4.29. The summed E-state index contributed by atoms with van der Waals surface area (Å²) in [6, 6.07) is 4.39. The van der Waals surface area contributed by atoms with E-state index in [1.807, 2.05) is 4.90 Å². The van der Waals surface area contributed by atoms with Crippen molar-refractivity contribution in [3.63, 3.8) is 0 Å². The van der Waals surface area contributed by atoms with E-state index in [1.165, 1.54) is 12.1 Å². The normalized spacial score (nSPS) is 15.9. The molecule has 1 aromatic carbocycles. The molecule has 1 aliphatic heterocycles. The maximum atomic E-state index is 12.9. The standard InChI is InChI=1S/C16H18F3N5O3/c17-16(18,19)11-2-1-3-12(10-11)24-20-13(15(26)27)14(21-24)23-6-4-22(5-7-23)8-9-25/h1-3,10,25H,4-9H2,(H,26,27). The predicted molar refractivity (Wildman–Crippen MR) is 89.1 cm³/mol.